The van der Waals surface area contributed by atoms with Crippen molar-refractivity contribution < 1.29 is 0 Å². The van der Waals surface area contributed by atoms with Gasteiger partial charge in [-0.15, -0.1) is 11.8 Å². The average molecular weight is 268 g/mol. The standard InChI is InChI=1S/C10H23N.C8H14/c1-6-10(9(2)3)7-8-11(4)5;1-4-5-6-7-8(2)3/h9-10H,6-8H2,1-5H3;8H,6-7H2,1-3H3. The molecule has 0 bridgehead atoms. The first kappa shape index (κ1) is 20.8. The molecule has 0 aliphatic carbocycles. The van der Waals surface area contributed by atoms with Crippen molar-refractivity contribution in [3.8, 4) is 11.8 Å². The van der Waals surface area contributed by atoms with Crippen LogP contribution in [0.4, 0.5) is 0 Å². The highest BCUT2D eigenvalue weighted by molar-refractivity contribution is 4.94. The van der Waals surface area contributed by atoms with Crippen molar-refractivity contribution in [3.63, 3.8) is 0 Å². The van der Waals surface area contributed by atoms with Crippen molar-refractivity contribution in [2.45, 2.75) is 67.2 Å². The fourth-order valence-corrected chi connectivity index (χ4v) is 1.92. The molecule has 0 aliphatic rings. The topological polar surface area (TPSA) is 3.24 Å². The van der Waals surface area contributed by atoms with E-state index in [0.717, 1.165) is 24.2 Å². The Labute approximate surface area is 123 Å². The quantitative estimate of drug-likeness (QED) is 0.582. The maximum atomic E-state index is 3.03. The lowest BCUT2D eigenvalue weighted by molar-refractivity contribution is 0.292. The van der Waals surface area contributed by atoms with Crippen LogP contribution in [0.15, 0.2) is 0 Å². The molecule has 0 saturated heterocycles. The second kappa shape index (κ2) is 13.9. The van der Waals surface area contributed by atoms with Gasteiger partial charge < -0.3 is 4.90 Å². The van der Waals surface area contributed by atoms with Gasteiger partial charge in [-0.25, -0.2) is 0 Å². The number of hydrogen-bond donors (Lipinski definition) is 0. The molecule has 19 heavy (non-hydrogen) atoms. The summed E-state index contributed by atoms with van der Waals surface area (Å²) in [4.78, 5) is 2.27. The third-order valence-corrected chi connectivity index (χ3v) is 3.44. The Morgan fingerprint density at radius 1 is 1.00 bits per heavy atom. The molecule has 0 aromatic carbocycles. The van der Waals surface area contributed by atoms with Crippen LogP contribution in [0.5, 0.6) is 0 Å². The summed E-state index contributed by atoms with van der Waals surface area (Å²) in [5, 5.41) is 0. The van der Waals surface area contributed by atoms with Gasteiger partial charge in [0, 0.05) is 6.42 Å². The van der Waals surface area contributed by atoms with Crippen LogP contribution in [-0.2, 0) is 0 Å². The molecule has 0 N–H and O–H groups in total. The largest absolute Gasteiger partial charge is 0.309 e. The van der Waals surface area contributed by atoms with Gasteiger partial charge in [-0.3, -0.25) is 0 Å². The fraction of sp³-hybridized carbons (Fsp3) is 0.889. The van der Waals surface area contributed by atoms with Crippen molar-refractivity contribution in [2.75, 3.05) is 20.6 Å². The first-order valence-electron chi connectivity index (χ1n) is 7.89. The smallest absolute Gasteiger partial charge is 0.00910 e. The molecule has 1 heteroatoms. The summed E-state index contributed by atoms with van der Waals surface area (Å²) >= 11 is 0. The Kier molecular flexibility index (Phi) is 15.3. The molecule has 1 nitrogen and oxygen atoms in total. The highest BCUT2D eigenvalue weighted by atomic mass is 15.0. The van der Waals surface area contributed by atoms with Gasteiger partial charge >= 0.3 is 0 Å². The third-order valence-electron chi connectivity index (χ3n) is 3.44. The summed E-state index contributed by atoms with van der Waals surface area (Å²) < 4.78 is 0. The minimum absolute atomic E-state index is 0.802. The Bertz CT molecular complexity index is 230. The molecule has 1 atom stereocenters. The summed E-state index contributed by atoms with van der Waals surface area (Å²) in [6.45, 7) is 14.5. The SMILES string of the molecule is CC#CCCC(C)C.CCC(CCN(C)C)C(C)C. The van der Waals surface area contributed by atoms with Crippen LogP contribution in [0.1, 0.15) is 67.2 Å². The zero-order chi connectivity index (χ0) is 15.3. The predicted molar refractivity (Wildman–Crippen MR) is 89.3 cm³/mol. The highest BCUT2D eigenvalue weighted by Crippen LogP contribution is 2.18. The zero-order valence-corrected chi connectivity index (χ0v) is 14.7. The first-order chi connectivity index (χ1) is 8.84. The highest BCUT2D eigenvalue weighted by Gasteiger charge is 2.10. The summed E-state index contributed by atoms with van der Waals surface area (Å²) in [6.07, 6.45) is 4.97. The number of hydrogen-bond acceptors (Lipinski definition) is 1. The Morgan fingerprint density at radius 2 is 1.58 bits per heavy atom. The fourth-order valence-electron chi connectivity index (χ4n) is 1.92. The lowest BCUT2D eigenvalue weighted by Gasteiger charge is -2.20. The molecule has 114 valence electrons. The lowest BCUT2D eigenvalue weighted by Crippen LogP contribution is -2.18. The summed E-state index contributed by atoms with van der Waals surface area (Å²) in [5.41, 5.74) is 0. The van der Waals surface area contributed by atoms with Crippen molar-refractivity contribution in [3.05, 3.63) is 0 Å². The molecule has 0 spiro atoms. The van der Waals surface area contributed by atoms with E-state index in [1.54, 1.807) is 0 Å². The van der Waals surface area contributed by atoms with E-state index in [-0.39, 0.29) is 0 Å². The van der Waals surface area contributed by atoms with Crippen LogP contribution in [0.25, 0.3) is 0 Å². The monoisotopic (exact) mass is 267 g/mol. The van der Waals surface area contributed by atoms with Gasteiger partial charge in [0.05, 0.1) is 0 Å². The molecule has 0 rings (SSSR count). The van der Waals surface area contributed by atoms with Gasteiger partial charge in [-0.05, 0) is 58.2 Å². The predicted octanol–water partition coefficient (Wildman–Crippen LogP) is 5.07. The van der Waals surface area contributed by atoms with Crippen LogP contribution < -0.4 is 0 Å². The maximum Gasteiger partial charge on any atom is 0.00910 e. The molecule has 0 aliphatic heterocycles. The summed E-state index contributed by atoms with van der Waals surface area (Å²) in [6, 6.07) is 0. The second-order valence-corrected chi connectivity index (χ2v) is 6.36. The van der Waals surface area contributed by atoms with E-state index < -0.39 is 0 Å². The van der Waals surface area contributed by atoms with E-state index in [0.29, 0.717) is 0 Å². The molecule has 0 aromatic heterocycles. The van der Waals surface area contributed by atoms with E-state index in [9.17, 15) is 0 Å². The Hall–Kier alpha value is -0.480. The van der Waals surface area contributed by atoms with Crippen LogP contribution in [-0.4, -0.2) is 25.5 Å². The van der Waals surface area contributed by atoms with E-state index in [4.69, 9.17) is 0 Å². The van der Waals surface area contributed by atoms with Crippen LogP contribution >= 0.6 is 0 Å². The van der Waals surface area contributed by atoms with E-state index in [1.807, 2.05) is 6.92 Å². The molecule has 0 heterocycles. The van der Waals surface area contributed by atoms with Gasteiger partial charge in [0.2, 0.25) is 0 Å². The molecule has 1 unspecified atom stereocenters. The van der Waals surface area contributed by atoms with E-state index >= 15 is 0 Å². The molecular formula is C18H37N. The van der Waals surface area contributed by atoms with Crippen LogP contribution in [0, 0.1) is 29.6 Å². The summed E-state index contributed by atoms with van der Waals surface area (Å²) in [7, 11) is 4.29. The van der Waals surface area contributed by atoms with E-state index in [2.05, 4.69) is 65.5 Å². The molecule has 0 amide bonds. The minimum atomic E-state index is 0.802. The Balaban J connectivity index is 0. The van der Waals surface area contributed by atoms with E-state index in [1.165, 1.54) is 25.8 Å². The zero-order valence-electron chi connectivity index (χ0n) is 14.7. The minimum Gasteiger partial charge on any atom is -0.309 e. The van der Waals surface area contributed by atoms with Crippen molar-refractivity contribution >= 4 is 0 Å². The lowest BCUT2D eigenvalue weighted by atomic mass is 9.90. The maximum absolute atomic E-state index is 3.03. The third kappa shape index (κ3) is 17.5. The van der Waals surface area contributed by atoms with Gasteiger partial charge in [0.15, 0.2) is 0 Å². The Morgan fingerprint density at radius 3 is 1.89 bits per heavy atom. The molecule has 0 radical (unpaired) electrons. The van der Waals surface area contributed by atoms with Crippen LogP contribution in [0.2, 0.25) is 0 Å². The summed E-state index contributed by atoms with van der Waals surface area (Å²) in [5.74, 6) is 8.47. The number of nitrogens with zero attached hydrogens (tertiary/aromatic N) is 1. The van der Waals surface area contributed by atoms with Gasteiger partial charge in [-0.1, -0.05) is 41.0 Å². The first-order valence-corrected chi connectivity index (χ1v) is 7.89. The normalized spacial score (nSPS) is 11.9. The molecule has 0 aromatic rings. The molecule has 0 fully saturated rings. The van der Waals surface area contributed by atoms with Gasteiger partial charge in [0.1, 0.15) is 0 Å². The van der Waals surface area contributed by atoms with Crippen molar-refractivity contribution in [1.82, 2.24) is 4.90 Å². The molecular weight excluding hydrogens is 230 g/mol. The number of rotatable bonds is 7. The second-order valence-electron chi connectivity index (χ2n) is 6.36. The van der Waals surface area contributed by atoms with Crippen molar-refractivity contribution in [1.29, 1.82) is 0 Å². The van der Waals surface area contributed by atoms with Gasteiger partial charge in [-0.2, -0.15) is 0 Å². The molecule has 0 saturated carbocycles. The van der Waals surface area contributed by atoms with Gasteiger partial charge in [0.25, 0.3) is 0 Å². The van der Waals surface area contributed by atoms with Crippen molar-refractivity contribution in [2.24, 2.45) is 17.8 Å². The van der Waals surface area contributed by atoms with Crippen LogP contribution in [0.3, 0.4) is 0 Å². The average Bonchev–Trinajstić information content (AvgIpc) is 2.29.